The van der Waals surface area contributed by atoms with E-state index in [2.05, 4.69) is 37.8 Å². The third-order valence-electron chi connectivity index (χ3n) is 5.98. The van der Waals surface area contributed by atoms with Crippen molar-refractivity contribution in [1.82, 2.24) is 19.9 Å². The molecule has 0 amide bonds. The molecule has 0 N–H and O–H groups in total. The molecule has 1 saturated carbocycles. The first-order valence-corrected chi connectivity index (χ1v) is 10.1. The highest BCUT2D eigenvalue weighted by atomic mass is 16.5. The van der Waals surface area contributed by atoms with Crippen molar-refractivity contribution in [3.63, 3.8) is 0 Å². The average molecular weight is 349 g/mol. The predicted octanol–water partition coefficient (Wildman–Crippen LogP) is 3.89. The van der Waals surface area contributed by atoms with E-state index in [1.54, 1.807) is 4.80 Å². The van der Waals surface area contributed by atoms with Crippen LogP contribution in [0.15, 0.2) is 0 Å². The van der Waals surface area contributed by atoms with Gasteiger partial charge >= 0.3 is 0 Å². The molecular weight excluding hydrogens is 312 g/mol. The molecule has 0 atom stereocenters. The molecule has 142 valence electrons. The first kappa shape index (κ1) is 18.8. The van der Waals surface area contributed by atoms with E-state index in [4.69, 9.17) is 9.84 Å². The van der Waals surface area contributed by atoms with E-state index < -0.39 is 0 Å². The molecule has 0 radical (unpaired) electrons. The summed E-state index contributed by atoms with van der Waals surface area (Å²) in [6.07, 6.45) is 8.39. The Balaban J connectivity index is 1.63. The molecule has 1 aliphatic heterocycles. The van der Waals surface area contributed by atoms with Gasteiger partial charge in [-0.3, -0.25) is 0 Å². The summed E-state index contributed by atoms with van der Waals surface area (Å²) in [5.74, 6) is 0.543. The smallest absolute Gasteiger partial charge is 0.100 e. The van der Waals surface area contributed by atoms with Gasteiger partial charge in [0.05, 0.1) is 17.9 Å². The Bertz CT molecular complexity index is 572. The molecule has 0 aromatic carbocycles. The van der Waals surface area contributed by atoms with Crippen LogP contribution in [0.25, 0.3) is 0 Å². The molecule has 1 aromatic heterocycles. The summed E-state index contributed by atoms with van der Waals surface area (Å²) >= 11 is 0. The molecule has 3 rings (SSSR count). The zero-order chi connectivity index (χ0) is 18.1. The molecule has 5 nitrogen and oxygen atoms in total. The Morgan fingerprint density at radius 1 is 1.24 bits per heavy atom. The number of unbranched alkanes of at least 4 members (excludes halogenated alkanes) is 1. The minimum Gasteiger partial charge on any atom is -0.374 e. The normalized spacial score (nSPS) is 29.0. The molecule has 25 heavy (non-hydrogen) atoms. The van der Waals surface area contributed by atoms with Crippen molar-refractivity contribution in [2.75, 3.05) is 20.2 Å². The molecule has 1 aliphatic carbocycles. The van der Waals surface area contributed by atoms with Crippen molar-refractivity contribution in [2.45, 2.75) is 83.8 Å². The molecular formula is C20H36N4O. The maximum atomic E-state index is 6.28. The molecule has 1 saturated heterocycles. The van der Waals surface area contributed by atoms with Gasteiger partial charge in [-0.2, -0.15) is 15.0 Å². The number of ether oxygens (including phenoxy) is 1. The summed E-state index contributed by atoms with van der Waals surface area (Å²) in [4.78, 5) is 4.14. The lowest BCUT2D eigenvalue weighted by molar-refractivity contribution is -0.0296. The SMILES string of the molecule is CCCCN(C)Cc1nn(C)nc1C1CCC2(CC1)CC(C)(C)CO2. The fourth-order valence-electron chi connectivity index (χ4n) is 4.72. The molecule has 0 bridgehead atoms. The topological polar surface area (TPSA) is 43.2 Å². The van der Waals surface area contributed by atoms with Crippen LogP contribution in [0.3, 0.4) is 0 Å². The van der Waals surface area contributed by atoms with Crippen LogP contribution in [0, 0.1) is 5.41 Å². The Labute approximate surface area is 153 Å². The molecule has 1 spiro atoms. The molecule has 5 heteroatoms. The Morgan fingerprint density at radius 3 is 2.56 bits per heavy atom. The Kier molecular flexibility index (Phi) is 5.54. The number of hydrogen-bond donors (Lipinski definition) is 0. The molecule has 0 unspecified atom stereocenters. The zero-order valence-electron chi connectivity index (χ0n) is 16.8. The van der Waals surface area contributed by atoms with Gasteiger partial charge in [-0.15, -0.1) is 0 Å². The van der Waals surface area contributed by atoms with Crippen molar-refractivity contribution < 1.29 is 4.74 Å². The zero-order valence-corrected chi connectivity index (χ0v) is 16.8. The summed E-state index contributed by atoms with van der Waals surface area (Å²) in [6.45, 7) is 9.86. The number of hydrogen-bond acceptors (Lipinski definition) is 4. The highest BCUT2D eigenvalue weighted by Gasteiger charge is 2.46. The average Bonchev–Trinajstić information content (AvgIpc) is 3.06. The second-order valence-corrected chi connectivity index (χ2v) is 9.20. The van der Waals surface area contributed by atoms with E-state index in [1.165, 1.54) is 56.3 Å². The van der Waals surface area contributed by atoms with E-state index in [1.807, 2.05) is 7.05 Å². The van der Waals surface area contributed by atoms with Crippen LogP contribution in [0.2, 0.25) is 0 Å². The van der Waals surface area contributed by atoms with E-state index in [0.29, 0.717) is 11.3 Å². The van der Waals surface area contributed by atoms with E-state index in [9.17, 15) is 0 Å². The van der Waals surface area contributed by atoms with Crippen LogP contribution in [0.1, 0.15) is 83.0 Å². The fourth-order valence-corrected chi connectivity index (χ4v) is 4.72. The summed E-state index contributed by atoms with van der Waals surface area (Å²) in [5.41, 5.74) is 2.89. The summed E-state index contributed by atoms with van der Waals surface area (Å²) in [5, 5.41) is 9.43. The van der Waals surface area contributed by atoms with Gasteiger partial charge in [0, 0.05) is 19.5 Å². The van der Waals surface area contributed by atoms with Crippen LogP contribution >= 0.6 is 0 Å². The van der Waals surface area contributed by atoms with Gasteiger partial charge in [0.15, 0.2) is 0 Å². The summed E-state index contributed by atoms with van der Waals surface area (Å²) < 4.78 is 6.28. The highest BCUT2D eigenvalue weighted by molar-refractivity contribution is 5.16. The van der Waals surface area contributed by atoms with Gasteiger partial charge in [-0.1, -0.05) is 27.2 Å². The van der Waals surface area contributed by atoms with Crippen molar-refractivity contribution >= 4 is 0 Å². The van der Waals surface area contributed by atoms with Gasteiger partial charge < -0.3 is 9.64 Å². The van der Waals surface area contributed by atoms with E-state index >= 15 is 0 Å². The van der Waals surface area contributed by atoms with Crippen LogP contribution in [-0.4, -0.2) is 45.7 Å². The van der Waals surface area contributed by atoms with Crippen molar-refractivity contribution in [2.24, 2.45) is 12.5 Å². The lowest BCUT2D eigenvalue weighted by Crippen LogP contribution is -2.34. The lowest BCUT2D eigenvalue weighted by atomic mass is 9.72. The van der Waals surface area contributed by atoms with E-state index in [-0.39, 0.29) is 5.60 Å². The Hall–Kier alpha value is -0.940. The van der Waals surface area contributed by atoms with Crippen LogP contribution in [0.5, 0.6) is 0 Å². The standard InChI is InChI=1S/C20H36N4O/c1-6-7-12-23(4)13-17-18(22-24(5)21-17)16-8-10-20(11-9-16)14-19(2,3)15-25-20/h16H,6-15H2,1-5H3. The van der Waals surface area contributed by atoms with Crippen molar-refractivity contribution in [3.8, 4) is 0 Å². The van der Waals surface area contributed by atoms with Crippen LogP contribution in [-0.2, 0) is 18.3 Å². The number of nitrogens with zero attached hydrogens (tertiary/aromatic N) is 4. The van der Waals surface area contributed by atoms with Crippen LogP contribution in [0.4, 0.5) is 0 Å². The van der Waals surface area contributed by atoms with E-state index in [0.717, 1.165) is 19.7 Å². The summed E-state index contributed by atoms with van der Waals surface area (Å²) in [7, 11) is 4.14. The minimum atomic E-state index is 0.139. The molecule has 2 aliphatic rings. The number of rotatable bonds is 6. The number of aryl methyl sites for hydroxylation is 1. The maximum Gasteiger partial charge on any atom is 0.100 e. The van der Waals surface area contributed by atoms with Gasteiger partial charge in [-0.25, -0.2) is 0 Å². The van der Waals surface area contributed by atoms with Gasteiger partial charge in [-0.05, 0) is 57.5 Å². The quantitative estimate of drug-likeness (QED) is 0.782. The number of aromatic nitrogens is 3. The minimum absolute atomic E-state index is 0.139. The van der Waals surface area contributed by atoms with Crippen molar-refractivity contribution in [1.29, 1.82) is 0 Å². The van der Waals surface area contributed by atoms with Gasteiger partial charge in [0.2, 0.25) is 0 Å². The third-order valence-corrected chi connectivity index (χ3v) is 5.98. The second kappa shape index (κ2) is 7.36. The van der Waals surface area contributed by atoms with Crippen molar-refractivity contribution in [3.05, 3.63) is 11.4 Å². The maximum absolute atomic E-state index is 6.28. The fraction of sp³-hybridized carbons (Fsp3) is 0.900. The second-order valence-electron chi connectivity index (χ2n) is 9.20. The Morgan fingerprint density at radius 2 is 1.96 bits per heavy atom. The molecule has 2 fully saturated rings. The van der Waals surface area contributed by atoms with Gasteiger partial charge in [0.25, 0.3) is 0 Å². The van der Waals surface area contributed by atoms with Crippen LogP contribution < -0.4 is 0 Å². The summed E-state index contributed by atoms with van der Waals surface area (Å²) in [6, 6.07) is 0. The predicted molar refractivity (Wildman–Crippen MR) is 101 cm³/mol. The molecule has 2 heterocycles. The first-order chi connectivity index (χ1) is 11.8. The lowest BCUT2D eigenvalue weighted by Gasteiger charge is -2.36. The first-order valence-electron chi connectivity index (χ1n) is 10.1. The third kappa shape index (κ3) is 4.43. The highest BCUT2D eigenvalue weighted by Crippen LogP contribution is 2.49. The monoisotopic (exact) mass is 348 g/mol. The van der Waals surface area contributed by atoms with Gasteiger partial charge in [0.1, 0.15) is 5.69 Å². The largest absolute Gasteiger partial charge is 0.374 e. The molecule has 1 aromatic rings.